The first kappa shape index (κ1) is 47.0. The van der Waals surface area contributed by atoms with E-state index in [9.17, 15) is 0 Å². The molecule has 0 fully saturated rings. The van der Waals surface area contributed by atoms with Gasteiger partial charge in [0.1, 0.15) is 11.5 Å². The Hall–Kier alpha value is -0.986. The molecular weight excluding hydrogens is 665 g/mol. The SMILES string of the molecule is CCO[Si](CCCCCCCCCCCOc1ccc(OCCCCCCCCCCC[Si](OCC)(OCC)OCC)cc1)(OCC)OCC. The lowest BCUT2D eigenvalue weighted by molar-refractivity contribution is 0.0698. The Labute approximate surface area is 310 Å². The Morgan fingerprint density at radius 3 is 0.780 bits per heavy atom. The maximum atomic E-state index is 5.97. The fraction of sp³-hybridized carbons (Fsp3) is 0.850. The van der Waals surface area contributed by atoms with E-state index in [1.54, 1.807) is 0 Å². The van der Waals surface area contributed by atoms with E-state index in [0.29, 0.717) is 39.6 Å². The molecule has 10 heteroatoms. The van der Waals surface area contributed by atoms with Crippen LogP contribution in [-0.2, 0) is 26.6 Å². The molecule has 0 bridgehead atoms. The fourth-order valence-electron chi connectivity index (χ4n) is 6.38. The summed E-state index contributed by atoms with van der Waals surface area (Å²) < 4.78 is 47.7. The highest BCUT2D eigenvalue weighted by Gasteiger charge is 2.40. The lowest BCUT2D eigenvalue weighted by Crippen LogP contribution is -2.45. The van der Waals surface area contributed by atoms with Crippen LogP contribution in [0.5, 0.6) is 11.5 Å². The summed E-state index contributed by atoms with van der Waals surface area (Å²) in [7, 11) is -4.93. The Bertz CT molecular complexity index is 757. The molecule has 0 saturated heterocycles. The number of hydrogen-bond acceptors (Lipinski definition) is 8. The van der Waals surface area contributed by atoms with Crippen LogP contribution in [0.15, 0.2) is 24.3 Å². The molecule has 0 amide bonds. The number of unbranched alkanes of at least 4 members (excludes halogenated alkanes) is 16. The van der Waals surface area contributed by atoms with Gasteiger partial charge >= 0.3 is 17.6 Å². The van der Waals surface area contributed by atoms with Crippen molar-refractivity contribution in [2.45, 2.75) is 169 Å². The Kier molecular flexibility index (Phi) is 30.7. The Balaban J connectivity index is 1.97. The molecule has 1 rings (SSSR count). The minimum absolute atomic E-state index is 0.659. The van der Waals surface area contributed by atoms with Gasteiger partial charge in [-0.25, -0.2) is 0 Å². The zero-order chi connectivity index (χ0) is 36.4. The van der Waals surface area contributed by atoms with Crippen molar-refractivity contribution in [3.05, 3.63) is 24.3 Å². The normalized spacial score (nSPS) is 12.1. The number of ether oxygens (including phenoxy) is 2. The van der Waals surface area contributed by atoms with Gasteiger partial charge in [0.2, 0.25) is 0 Å². The maximum Gasteiger partial charge on any atom is 0.500 e. The van der Waals surface area contributed by atoms with E-state index in [-0.39, 0.29) is 0 Å². The molecule has 0 spiro atoms. The Morgan fingerprint density at radius 1 is 0.320 bits per heavy atom. The third kappa shape index (κ3) is 23.5. The second kappa shape index (κ2) is 32.6. The molecule has 0 aliphatic heterocycles. The van der Waals surface area contributed by atoms with Crippen molar-refractivity contribution in [3.8, 4) is 11.5 Å². The predicted molar refractivity (Wildman–Crippen MR) is 211 cm³/mol. The van der Waals surface area contributed by atoms with Crippen LogP contribution >= 0.6 is 0 Å². The van der Waals surface area contributed by atoms with Crippen LogP contribution in [0.4, 0.5) is 0 Å². The molecule has 0 aliphatic carbocycles. The molecule has 0 aromatic heterocycles. The van der Waals surface area contributed by atoms with E-state index < -0.39 is 17.6 Å². The molecule has 0 saturated carbocycles. The molecule has 0 radical (unpaired) electrons. The van der Waals surface area contributed by atoms with E-state index in [4.69, 9.17) is 36.0 Å². The summed E-state index contributed by atoms with van der Waals surface area (Å²) in [5, 5.41) is 0. The molecule has 0 unspecified atom stereocenters. The van der Waals surface area contributed by atoms with Crippen LogP contribution in [0.3, 0.4) is 0 Å². The molecule has 0 atom stereocenters. The highest BCUT2D eigenvalue weighted by Crippen LogP contribution is 2.23. The van der Waals surface area contributed by atoms with E-state index in [2.05, 4.69) is 0 Å². The molecule has 1 aromatic carbocycles. The molecule has 0 heterocycles. The van der Waals surface area contributed by atoms with Crippen molar-refractivity contribution in [2.24, 2.45) is 0 Å². The first-order valence-electron chi connectivity index (χ1n) is 20.7. The predicted octanol–water partition coefficient (Wildman–Crippen LogP) is 11.6. The van der Waals surface area contributed by atoms with Gasteiger partial charge in [-0.1, -0.05) is 89.9 Å². The molecule has 294 valence electrons. The van der Waals surface area contributed by atoms with Crippen molar-refractivity contribution in [3.63, 3.8) is 0 Å². The van der Waals surface area contributed by atoms with Crippen LogP contribution in [-0.4, -0.2) is 70.5 Å². The third-order valence-corrected chi connectivity index (χ3v) is 15.1. The average molecular weight is 743 g/mol. The average Bonchev–Trinajstić information content (AvgIpc) is 3.10. The summed E-state index contributed by atoms with van der Waals surface area (Å²) in [5.74, 6) is 1.86. The van der Waals surface area contributed by atoms with Crippen LogP contribution in [0, 0.1) is 0 Å². The monoisotopic (exact) mass is 743 g/mol. The molecule has 50 heavy (non-hydrogen) atoms. The van der Waals surface area contributed by atoms with Gasteiger partial charge in [0.15, 0.2) is 0 Å². The first-order chi connectivity index (χ1) is 24.5. The lowest BCUT2D eigenvalue weighted by atomic mass is 10.1. The van der Waals surface area contributed by atoms with Crippen LogP contribution < -0.4 is 9.47 Å². The summed E-state index contributed by atoms with van der Waals surface area (Å²) >= 11 is 0. The quantitative estimate of drug-likeness (QED) is 0.0490. The third-order valence-electron chi connectivity index (χ3n) is 8.80. The van der Waals surface area contributed by atoms with Crippen LogP contribution in [0.25, 0.3) is 0 Å². The van der Waals surface area contributed by atoms with Gasteiger partial charge in [0, 0.05) is 51.7 Å². The lowest BCUT2D eigenvalue weighted by Gasteiger charge is -2.28. The van der Waals surface area contributed by atoms with E-state index in [1.807, 2.05) is 65.8 Å². The highest BCUT2D eigenvalue weighted by molar-refractivity contribution is 6.61. The van der Waals surface area contributed by atoms with Gasteiger partial charge in [-0.3, -0.25) is 0 Å². The van der Waals surface area contributed by atoms with Crippen molar-refractivity contribution in [1.82, 2.24) is 0 Å². The summed E-state index contributed by atoms with van der Waals surface area (Å²) in [6.07, 6.45) is 22.4. The van der Waals surface area contributed by atoms with Gasteiger partial charge in [0.25, 0.3) is 0 Å². The van der Waals surface area contributed by atoms with Crippen LogP contribution in [0.1, 0.15) is 157 Å². The zero-order valence-electron chi connectivity index (χ0n) is 33.4. The molecule has 0 aliphatic rings. The van der Waals surface area contributed by atoms with E-state index >= 15 is 0 Å². The smallest absolute Gasteiger partial charge is 0.494 e. The highest BCUT2D eigenvalue weighted by atomic mass is 28.4. The largest absolute Gasteiger partial charge is 0.500 e. The topological polar surface area (TPSA) is 73.8 Å². The zero-order valence-corrected chi connectivity index (χ0v) is 35.4. The fourth-order valence-corrected chi connectivity index (χ4v) is 11.7. The van der Waals surface area contributed by atoms with Crippen LogP contribution in [0.2, 0.25) is 12.1 Å². The minimum atomic E-state index is -2.46. The molecular formula is C40H78O8Si2. The number of benzene rings is 1. The van der Waals surface area contributed by atoms with E-state index in [1.165, 1.54) is 89.9 Å². The van der Waals surface area contributed by atoms with Crippen molar-refractivity contribution in [2.75, 3.05) is 52.9 Å². The van der Waals surface area contributed by atoms with Gasteiger partial charge in [-0.05, 0) is 91.5 Å². The maximum absolute atomic E-state index is 5.97. The van der Waals surface area contributed by atoms with Gasteiger partial charge in [-0.2, -0.15) is 0 Å². The standard InChI is InChI=1S/C40H78O8Si2/c1-7-43-49(44-8-2,45-9-3)37-29-25-21-17-13-15-19-23-27-35-41-39-31-33-40(34-32-39)42-36-28-24-20-16-14-18-22-26-30-38-50(46-10-4,47-11-5)48-12-6/h31-34H,7-30,35-38H2,1-6H3. The van der Waals surface area contributed by atoms with Gasteiger partial charge < -0.3 is 36.0 Å². The number of hydrogen-bond donors (Lipinski definition) is 0. The first-order valence-corrected chi connectivity index (χ1v) is 24.6. The van der Waals surface area contributed by atoms with Crippen molar-refractivity contribution in [1.29, 1.82) is 0 Å². The summed E-state index contributed by atoms with van der Waals surface area (Å²) in [4.78, 5) is 0. The van der Waals surface area contributed by atoms with Gasteiger partial charge in [0.05, 0.1) is 13.2 Å². The summed E-state index contributed by atoms with van der Waals surface area (Å²) in [6, 6.07) is 10.0. The molecule has 1 aromatic rings. The second-order valence-corrected chi connectivity index (χ2v) is 18.5. The van der Waals surface area contributed by atoms with Gasteiger partial charge in [-0.15, -0.1) is 0 Å². The summed E-state index contributed by atoms with van der Waals surface area (Å²) in [6.45, 7) is 17.7. The van der Waals surface area contributed by atoms with E-state index in [0.717, 1.165) is 62.5 Å². The number of rotatable bonds is 38. The van der Waals surface area contributed by atoms with Crippen molar-refractivity contribution < 1.29 is 36.0 Å². The molecule has 8 nitrogen and oxygen atoms in total. The van der Waals surface area contributed by atoms with Crippen molar-refractivity contribution >= 4 is 17.6 Å². The minimum Gasteiger partial charge on any atom is -0.494 e. The second-order valence-electron chi connectivity index (χ2n) is 13.0. The molecule has 0 N–H and O–H groups in total. The Morgan fingerprint density at radius 2 is 0.540 bits per heavy atom. The summed E-state index contributed by atoms with van der Waals surface area (Å²) in [5.41, 5.74) is 0.